The fourth-order valence-electron chi connectivity index (χ4n) is 4.37. The van der Waals surface area contributed by atoms with Crippen LogP contribution in [0.5, 0.6) is 0 Å². The van der Waals surface area contributed by atoms with Gasteiger partial charge in [-0.1, -0.05) is 37.3 Å². The molecule has 1 aliphatic heterocycles. The van der Waals surface area contributed by atoms with E-state index >= 15 is 0 Å². The molecule has 1 atom stereocenters. The maximum Gasteiger partial charge on any atom is 0.273 e. The third-order valence-corrected chi connectivity index (χ3v) is 5.95. The minimum absolute atomic E-state index is 0.143. The zero-order valence-corrected chi connectivity index (χ0v) is 16.9. The fourth-order valence-corrected chi connectivity index (χ4v) is 4.37. The maximum atomic E-state index is 12.8. The van der Waals surface area contributed by atoms with Gasteiger partial charge >= 0.3 is 0 Å². The molecule has 2 fully saturated rings. The predicted molar refractivity (Wildman–Crippen MR) is 105 cm³/mol. The first-order valence-electron chi connectivity index (χ1n) is 10.6. The Hall–Kier alpha value is -1.96. The lowest BCUT2D eigenvalue weighted by Crippen LogP contribution is -2.38. The van der Waals surface area contributed by atoms with E-state index in [4.69, 9.17) is 4.74 Å². The average Bonchev–Trinajstić information content (AvgIpc) is 3.37. The second-order valence-corrected chi connectivity index (χ2v) is 8.00. The number of carbonyl (C=O) groups is 2. The van der Waals surface area contributed by atoms with Crippen LogP contribution < -0.4 is 5.32 Å². The van der Waals surface area contributed by atoms with Gasteiger partial charge in [0.25, 0.3) is 5.91 Å². The SMILES string of the molecule is COCCNC(=O)c1cn(CC2CCCN2C(=O)CCC2CCCCC2)nn1. The molecule has 1 aliphatic carbocycles. The molecule has 156 valence electrons. The van der Waals surface area contributed by atoms with Gasteiger partial charge in [-0.05, 0) is 25.2 Å². The molecule has 1 N–H and O–H groups in total. The number of aromatic nitrogens is 3. The standard InChI is InChI=1S/C20H33N5O3/c1-28-13-11-21-20(27)18-15-24(23-22-18)14-17-8-5-12-25(17)19(26)10-9-16-6-3-2-4-7-16/h15-17H,2-14H2,1H3,(H,21,27). The molecule has 1 unspecified atom stereocenters. The lowest BCUT2D eigenvalue weighted by atomic mass is 9.86. The van der Waals surface area contributed by atoms with Crippen LogP contribution in [-0.2, 0) is 16.1 Å². The van der Waals surface area contributed by atoms with Crippen LogP contribution in [0.25, 0.3) is 0 Å². The highest BCUT2D eigenvalue weighted by molar-refractivity contribution is 5.91. The van der Waals surface area contributed by atoms with Gasteiger partial charge in [-0.25, -0.2) is 4.68 Å². The molecule has 0 aromatic carbocycles. The fraction of sp³-hybridized carbons (Fsp3) is 0.800. The van der Waals surface area contributed by atoms with Crippen molar-refractivity contribution in [2.45, 2.75) is 70.4 Å². The number of methoxy groups -OCH3 is 1. The number of hydrogen-bond acceptors (Lipinski definition) is 5. The minimum atomic E-state index is -0.255. The van der Waals surface area contributed by atoms with Crippen molar-refractivity contribution < 1.29 is 14.3 Å². The number of nitrogens with zero attached hydrogens (tertiary/aromatic N) is 4. The Kier molecular flexibility index (Phi) is 7.82. The molecule has 0 radical (unpaired) electrons. The molecule has 1 saturated carbocycles. The molecule has 1 aromatic heterocycles. The van der Waals surface area contributed by atoms with E-state index in [0.717, 1.165) is 31.7 Å². The minimum Gasteiger partial charge on any atom is -0.383 e. The van der Waals surface area contributed by atoms with Crippen molar-refractivity contribution >= 4 is 11.8 Å². The van der Waals surface area contributed by atoms with Crippen LogP contribution in [-0.4, -0.2) is 64.6 Å². The quantitative estimate of drug-likeness (QED) is 0.651. The topological polar surface area (TPSA) is 89.4 Å². The van der Waals surface area contributed by atoms with E-state index in [2.05, 4.69) is 15.6 Å². The summed E-state index contributed by atoms with van der Waals surface area (Å²) in [6, 6.07) is 0.143. The Morgan fingerprint density at radius 3 is 2.82 bits per heavy atom. The smallest absolute Gasteiger partial charge is 0.273 e. The average molecular weight is 392 g/mol. The molecule has 2 heterocycles. The monoisotopic (exact) mass is 391 g/mol. The normalized spacial score (nSPS) is 20.5. The van der Waals surface area contributed by atoms with Gasteiger partial charge in [0.1, 0.15) is 0 Å². The van der Waals surface area contributed by atoms with Gasteiger partial charge in [0.15, 0.2) is 5.69 Å². The van der Waals surface area contributed by atoms with Crippen LogP contribution in [0.2, 0.25) is 0 Å². The van der Waals surface area contributed by atoms with Gasteiger partial charge in [-0.15, -0.1) is 5.10 Å². The highest BCUT2D eigenvalue weighted by atomic mass is 16.5. The Morgan fingerprint density at radius 2 is 2.04 bits per heavy atom. The summed E-state index contributed by atoms with van der Waals surface area (Å²) in [5, 5.41) is 10.8. The largest absolute Gasteiger partial charge is 0.383 e. The Labute approximate surface area is 167 Å². The number of rotatable bonds is 9. The lowest BCUT2D eigenvalue weighted by molar-refractivity contribution is -0.132. The van der Waals surface area contributed by atoms with E-state index in [1.807, 2.05) is 4.90 Å². The van der Waals surface area contributed by atoms with Crippen molar-refractivity contribution in [1.29, 1.82) is 0 Å². The molecule has 1 aromatic rings. The van der Waals surface area contributed by atoms with Gasteiger partial charge in [-0.3, -0.25) is 9.59 Å². The zero-order valence-electron chi connectivity index (χ0n) is 16.9. The Bertz CT molecular complexity index is 642. The van der Waals surface area contributed by atoms with E-state index in [-0.39, 0.29) is 17.9 Å². The van der Waals surface area contributed by atoms with Crippen molar-refractivity contribution in [2.75, 3.05) is 26.8 Å². The van der Waals surface area contributed by atoms with E-state index in [9.17, 15) is 9.59 Å². The molecule has 0 bridgehead atoms. The van der Waals surface area contributed by atoms with Crippen molar-refractivity contribution in [3.63, 3.8) is 0 Å². The van der Waals surface area contributed by atoms with Gasteiger partial charge in [-0.2, -0.15) is 0 Å². The highest BCUT2D eigenvalue weighted by Gasteiger charge is 2.29. The summed E-state index contributed by atoms with van der Waals surface area (Å²) in [5.41, 5.74) is 0.296. The van der Waals surface area contributed by atoms with E-state index < -0.39 is 0 Å². The van der Waals surface area contributed by atoms with Crippen molar-refractivity contribution in [2.24, 2.45) is 5.92 Å². The summed E-state index contributed by atoms with van der Waals surface area (Å²) >= 11 is 0. The molecule has 1 saturated heterocycles. The first-order chi connectivity index (χ1) is 13.7. The van der Waals surface area contributed by atoms with Crippen LogP contribution in [0.4, 0.5) is 0 Å². The zero-order chi connectivity index (χ0) is 19.8. The van der Waals surface area contributed by atoms with Crippen LogP contribution in [0.1, 0.15) is 68.3 Å². The lowest BCUT2D eigenvalue weighted by Gasteiger charge is -2.26. The summed E-state index contributed by atoms with van der Waals surface area (Å²) in [4.78, 5) is 26.8. The van der Waals surface area contributed by atoms with Gasteiger partial charge in [0.05, 0.1) is 25.4 Å². The van der Waals surface area contributed by atoms with E-state index in [0.29, 0.717) is 31.8 Å². The van der Waals surface area contributed by atoms with Crippen molar-refractivity contribution in [3.05, 3.63) is 11.9 Å². The third kappa shape index (κ3) is 5.77. The second-order valence-electron chi connectivity index (χ2n) is 8.00. The van der Waals surface area contributed by atoms with Crippen LogP contribution in [0.15, 0.2) is 6.20 Å². The van der Waals surface area contributed by atoms with Crippen LogP contribution in [0.3, 0.4) is 0 Å². The van der Waals surface area contributed by atoms with Gasteiger partial charge < -0.3 is 15.0 Å². The van der Waals surface area contributed by atoms with E-state index in [1.165, 1.54) is 32.1 Å². The van der Waals surface area contributed by atoms with Gasteiger partial charge in [0, 0.05) is 26.6 Å². The molecular formula is C20H33N5O3. The Morgan fingerprint density at radius 1 is 1.21 bits per heavy atom. The summed E-state index contributed by atoms with van der Waals surface area (Å²) in [6.45, 7) is 2.31. The predicted octanol–water partition coefficient (Wildman–Crippen LogP) is 2.01. The molecule has 28 heavy (non-hydrogen) atoms. The molecule has 2 amide bonds. The molecule has 0 spiro atoms. The Balaban J connectivity index is 1.47. The molecule has 3 rings (SSSR count). The third-order valence-electron chi connectivity index (χ3n) is 5.95. The highest BCUT2D eigenvalue weighted by Crippen LogP contribution is 2.28. The van der Waals surface area contributed by atoms with Crippen molar-refractivity contribution in [1.82, 2.24) is 25.2 Å². The molecular weight excluding hydrogens is 358 g/mol. The number of hydrogen-bond donors (Lipinski definition) is 1. The summed E-state index contributed by atoms with van der Waals surface area (Å²) in [6.07, 6.45) is 11.9. The molecule has 2 aliphatic rings. The summed E-state index contributed by atoms with van der Waals surface area (Å²) in [5.74, 6) is 0.745. The number of likely N-dealkylation sites (tertiary alicyclic amines) is 1. The van der Waals surface area contributed by atoms with E-state index in [1.54, 1.807) is 18.0 Å². The number of carbonyl (C=O) groups excluding carboxylic acids is 2. The molecule has 8 heteroatoms. The second kappa shape index (κ2) is 10.5. The number of nitrogens with one attached hydrogen (secondary N) is 1. The number of amides is 2. The van der Waals surface area contributed by atoms with Crippen LogP contribution in [0, 0.1) is 5.92 Å². The van der Waals surface area contributed by atoms with Crippen LogP contribution >= 0.6 is 0 Å². The molecule has 8 nitrogen and oxygen atoms in total. The number of ether oxygens (including phenoxy) is 1. The first kappa shape index (κ1) is 20.8. The first-order valence-corrected chi connectivity index (χ1v) is 10.6. The summed E-state index contributed by atoms with van der Waals surface area (Å²) in [7, 11) is 1.59. The maximum absolute atomic E-state index is 12.8. The van der Waals surface area contributed by atoms with Gasteiger partial charge in [0.2, 0.25) is 5.91 Å². The van der Waals surface area contributed by atoms with Crippen molar-refractivity contribution in [3.8, 4) is 0 Å². The summed E-state index contributed by atoms with van der Waals surface area (Å²) < 4.78 is 6.60.